The van der Waals surface area contributed by atoms with Gasteiger partial charge in [-0.15, -0.1) is 0 Å². The number of hydrogen-bond acceptors (Lipinski definition) is 7. The molecule has 32 heavy (non-hydrogen) atoms. The normalized spacial score (nSPS) is 15.9. The van der Waals surface area contributed by atoms with E-state index in [0.29, 0.717) is 30.5 Å². The molecule has 0 spiro atoms. The molecule has 1 aromatic heterocycles. The molecule has 2 N–H and O–H groups in total. The van der Waals surface area contributed by atoms with Crippen molar-refractivity contribution in [2.45, 2.75) is 44.7 Å². The van der Waals surface area contributed by atoms with Crippen molar-refractivity contribution in [1.29, 1.82) is 0 Å². The van der Waals surface area contributed by atoms with E-state index in [9.17, 15) is 8.42 Å². The maximum atomic E-state index is 12.8. The number of rotatable bonds is 6. The van der Waals surface area contributed by atoms with E-state index >= 15 is 0 Å². The molecule has 8 heteroatoms. The van der Waals surface area contributed by atoms with Crippen molar-refractivity contribution in [2.75, 3.05) is 35.6 Å². The fraction of sp³-hybridized carbons (Fsp3) is 0.417. The highest BCUT2D eigenvalue weighted by atomic mass is 32.2. The summed E-state index contributed by atoms with van der Waals surface area (Å²) in [6, 6.07) is 13.3. The Morgan fingerprint density at radius 3 is 2.69 bits per heavy atom. The highest BCUT2D eigenvalue weighted by molar-refractivity contribution is 7.91. The number of anilines is 2. The van der Waals surface area contributed by atoms with Crippen LogP contribution in [-0.4, -0.2) is 49.3 Å². The molecule has 2 heterocycles. The van der Waals surface area contributed by atoms with Crippen molar-refractivity contribution in [3.8, 4) is 0 Å². The van der Waals surface area contributed by atoms with Gasteiger partial charge in [-0.05, 0) is 51.1 Å². The fourth-order valence-electron chi connectivity index (χ4n) is 4.09. The number of likely N-dealkylation sites (N-methyl/N-ethyl adjacent to an activating group) is 1. The van der Waals surface area contributed by atoms with E-state index in [1.54, 1.807) is 12.1 Å². The zero-order valence-corrected chi connectivity index (χ0v) is 20.0. The Hall–Kier alpha value is -2.71. The van der Waals surface area contributed by atoms with Gasteiger partial charge < -0.3 is 15.5 Å². The molecule has 0 fully saturated rings. The van der Waals surface area contributed by atoms with Crippen molar-refractivity contribution in [3.05, 3.63) is 53.6 Å². The van der Waals surface area contributed by atoms with E-state index < -0.39 is 9.84 Å². The zero-order chi connectivity index (χ0) is 22.9. The number of nitrogens with one attached hydrogen (secondary N) is 2. The first-order valence-electron chi connectivity index (χ1n) is 11.0. The molecule has 2 aromatic carbocycles. The number of nitrogens with zero attached hydrogens (tertiary/aromatic N) is 3. The second-order valence-electron chi connectivity index (χ2n) is 9.01. The molecular formula is C24H31N5O2S. The molecule has 0 radical (unpaired) electrons. The predicted octanol–water partition coefficient (Wildman–Crippen LogP) is 3.53. The van der Waals surface area contributed by atoms with E-state index in [1.165, 1.54) is 0 Å². The van der Waals surface area contributed by atoms with Crippen LogP contribution in [0.25, 0.3) is 10.9 Å². The number of aromatic nitrogens is 2. The van der Waals surface area contributed by atoms with Crippen molar-refractivity contribution >= 4 is 32.5 Å². The van der Waals surface area contributed by atoms with Crippen molar-refractivity contribution in [2.24, 2.45) is 0 Å². The summed E-state index contributed by atoms with van der Waals surface area (Å²) in [5.41, 5.74) is 2.65. The van der Waals surface area contributed by atoms with E-state index in [2.05, 4.69) is 44.4 Å². The van der Waals surface area contributed by atoms with Crippen LogP contribution in [0.5, 0.6) is 0 Å². The fourth-order valence-corrected chi connectivity index (χ4v) is 5.58. The van der Waals surface area contributed by atoms with Gasteiger partial charge in [0.1, 0.15) is 5.82 Å². The summed E-state index contributed by atoms with van der Waals surface area (Å²) in [5, 5.41) is 7.95. The highest BCUT2D eigenvalue weighted by Gasteiger charge is 2.27. The monoisotopic (exact) mass is 453 g/mol. The minimum atomic E-state index is -3.33. The average Bonchev–Trinajstić information content (AvgIpc) is 2.88. The van der Waals surface area contributed by atoms with Gasteiger partial charge in [-0.25, -0.2) is 13.4 Å². The third-order valence-corrected chi connectivity index (χ3v) is 7.56. The molecule has 0 saturated heterocycles. The summed E-state index contributed by atoms with van der Waals surface area (Å²) < 4.78 is 25.5. The second kappa shape index (κ2) is 8.67. The van der Waals surface area contributed by atoms with Crippen LogP contribution in [0.3, 0.4) is 0 Å². The first-order valence-corrected chi connectivity index (χ1v) is 12.7. The van der Waals surface area contributed by atoms with Gasteiger partial charge in [-0.2, -0.15) is 4.98 Å². The number of hydrogen-bond donors (Lipinski definition) is 2. The van der Waals surface area contributed by atoms with Gasteiger partial charge >= 0.3 is 0 Å². The summed E-state index contributed by atoms with van der Waals surface area (Å²) in [5.74, 6) is 1.34. The second-order valence-corrected chi connectivity index (χ2v) is 11.1. The lowest BCUT2D eigenvalue weighted by Gasteiger charge is -2.27. The SMILES string of the molecule is CCNC(C)(C)CNc1nc(N2CCS(=O)(=O)c3ccccc3C2)nc2ccc(C)cc12. The lowest BCUT2D eigenvalue weighted by molar-refractivity contribution is 0.420. The van der Waals surface area contributed by atoms with Crippen LogP contribution >= 0.6 is 0 Å². The van der Waals surface area contributed by atoms with Crippen LogP contribution in [0.15, 0.2) is 47.4 Å². The molecule has 170 valence electrons. The molecule has 0 amide bonds. The third-order valence-electron chi connectivity index (χ3n) is 5.77. The van der Waals surface area contributed by atoms with Crippen LogP contribution in [0, 0.1) is 6.92 Å². The van der Waals surface area contributed by atoms with Crippen LogP contribution in [0.1, 0.15) is 31.9 Å². The molecule has 0 saturated carbocycles. The minimum absolute atomic E-state index is 0.0372. The number of benzene rings is 2. The zero-order valence-electron chi connectivity index (χ0n) is 19.1. The Kier molecular flexibility index (Phi) is 6.09. The molecule has 1 aliphatic heterocycles. The van der Waals surface area contributed by atoms with Crippen molar-refractivity contribution in [1.82, 2.24) is 15.3 Å². The first-order chi connectivity index (χ1) is 15.2. The number of aryl methyl sites for hydroxylation is 1. The van der Waals surface area contributed by atoms with Gasteiger partial charge in [-0.3, -0.25) is 0 Å². The Morgan fingerprint density at radius 1 is 1.12 bits per heavy atom. The maximum Gasteiger partial charge on any atom is 0.228 e. The molecule has 0 aliphatic carbocycles. The summed E-state index contributed by atoms with van der Waals surface area (Å²) in [4.78, 5) is 12.0. The van der Waals surface area contributed by atoms with E-state index in [0.717, 1.165) is 34.4 Å². The molecule has 3 aromatic rings. The van der Waals surface area contributed by atoms with Gasteiger partial charge in [0.25, 0.3) is 0 Å². The Labute approximate surface area is 190 Å². The highest BCUT2D eigenvalue weighted by Crippen LogP contribution is 2.29. The smallest absolute Gasteiger partial charge is 0.228 e. The van der Waals surface area contributed by atoms with Gasteiger partial charge in [0.2, 0.25) is 5.95 Å². The van der Waals surface area contributed by atoms with E-state index in [4.69, 9.17) is 9.97 Å². The van der Waals surface area contributed by atoms with Gasteiger partial charge in [-0.1, -0.05) is 36.8 Å². The topological polar surface area (TPSA) is 87.2 Å². The number of fused-ring (bicyclic) bond motifs is 2. The first kappa shape index (κ1) is 22.5. The lowest BCUT2D eigenvalue weighted by atomic mass is 10.1. The quantitative estimate of drug-likeness (QED) is 0.590. The third kappa shape index (κ3) is 4.71. The Morgan fingerprint density at radius 2 is 1.91 bits per heavy atom. The van der Waals surface area contributed by atoms with Gasteiger partial charge in [0, 0.05) is 30.6 Å². The van der Waals surface area contributed by atoms with Crippen LogP contribution in [0.4, 0.5) is 11.8 Å². The Balaban J connectivity index is 1.74. The maximum absolute atomic E-state index is 12.8. The lowest BCUT2D eigenvalue weighted by Crippen LogP contribution is -2.45. The summed E-state index contributed by atoms with van der Waals surface area (Å²) in [6.45, 7) is 10.8. The van der Waals surface area contributed by atoms with E-state index in [-0.39, 0.29) is 11.3 Å². The van der Waals surface area contributed by atoms with Gasteiger partial charge in [0.15, 0.2) is 9.84 Å². The van der Waals surface area contributed by atoms with Crippen LogP contribution in [0.2, 0.25) is 0 Å². The minimum Gasteiger partial charge on any atom is -0.368 e. The Bertz CT molecular complexity index is 1240. The molecule has 4 rings (SSSR count). The average molecular weight is 454 g/mol. The summed E-state index contributed by atoms with van der Waals surface area (Å²) >= 11 is 0. The molecule has 0 bridgehead atoms. The molecular weight excluding hydrogens is 422 g/mol. The number of sulfone groups is 1. The molecule has 0 atom stereocenters. The van der Waals surface area contributed by atoms with Crippen LogP contribution < -0.4 is 15.5 Å². The van der Waals surface area contributed by atoms with E-state index in [1.807, 2.05) is 29.2 Å². The standard InChI is InChI=1S/C24H31N5O2S/c1-5-26-24(3,4)16-25-22-19-14-17(2)10-11-20(19)27-23(28-22)29-12-13-32(30,31)21-9-7-6-8-18(21)15-29/h6-11,14,26H,5,12-13,15-16H2,1-4H3,(H,25,27,28). The summed E-state index contributed by atoms with van der Waals surface area (Å²) in [7, 11) is -3.33. The summed E-state index contributed by atoms with van der Waals surface area (Å²) in [6.07, 6.45) is 0. The molecule has 1 aliphatic rings. The molecule has 7 nitrogen and oxygen atoms in total. The predicted molar refractivity (Wildman–Crippen MR) is 130 cm³/mol. The van der Waals surface area contributed by atoms with Crippen LogP contribution in [-0.2, 0) is 16.4 Å². The van der Waals surface area contributed by atoms with Crippen molar-refractivity contribution < 1.29 is 8.42 Å². The van der Waals surface area contributed by atoms with Gasteiger partial charge in [0.05, 0.1) is 16.2 Å². The van der Waals surface area contributed by atoms with Crippen molar-refractivity contribution in [3.63, 3.8) is 0 Å². The largest absolute Gasteiger partial charge is 0.368 e. The molecule has 0 unspecified atom stereocenters.